The van der Waals surface area contributed by atoms with Crippen molar-refractivity contribution in [1.82, 2.24) is 4.31 Å². The fraction of sp³-hybridized carbons (Fsp3) is 0.350. The van der Waals surface area contributed by atoms with E-state index in [1.165, 1.54) is 31.4 Å². The van der Waals surface area contributed by atoms with Gasteiger partial charge in [-0.3, -0.25) is 4.79 Å². The van der Waals surface area contributed by atoms with Crippen LogP contribution in [0.4, 0.5) is 5.69 Å². The van der Waals surface area contributed by atoms with E-state index in [0.29, 0.717) is 28.6 Å². The van der Waals surface area contributed by atoms with Crippen molar-refractivity contribution in [1.29, 1.82) is 0 Å². The number of carbonyl (C=O) groups excluding carboxylic acids is 1. The molecule has 1 aliphatic rings. The fourth-order valence-electron chi connectivity index (χ4n) is 3.29. The number of benzene rings is 2. The number of hydrogen-bond acceptors (Lipinski definition) is 4. The highest BCUT2D eigenvalue weighted by Gasteiger charge is 2.30. The van der Waals surface area contributed by atoms with Gasteiger partial charge in [0.2, 0.25) is 10.0 Å². The molecule has 1 aliphatic heterocycles. The van der Waals surface area contributed by atoms with Gasteiger partial charge in [-0.2, -0.15) is 4.31 Å². The molecule has 0 saturated carbocycles. The average molecular weight is 423 g/mol. The van der Waals surface area contributed by atoms with Gasteiger partial charge in [0.05, 0.1) is 17.0 Å². The lowest BCUT2D eigenvalue weighted by Crippen LogP contribution is -2.41. The summed E-state index contributed by atoms with van der Waals surface area (Å²) < 4.78 is 32.4. The van der Waals surface area contributed by atoms with Crippen LogP contribution in [-0.4, -0.2) is 38.3 Å². The van der Waals surface area contributed by atoms with Crippen LogP contribution >= 0.6 is 11.6 Å². The van der Waals surface area contributed by atoms with E-state index in [1.54, 1.807) is 22.5 Å². The van der Waals surface area contributed by atoms with Crippen molar-refractivity contribution in [3.8, 4) is 5.75 Å². The van der Waals surface area contributed by atoms with Gasteiger partial charge in [-0.05, 0) is 62.2 Å². The number of ether oxygens (including phenoxy) is 1. The lowest BCUT2D eigenvalue weighted by Gasteiger charge is -2.32. The highest BCUT2D eigenvalue weighted by atomic mass is 35.5. The molecule has 0 unspecified atom stereocenters. The molecule has 0 bridgehead atoms. The molecule has 150 valence electrons. The molecule has 0 radical (unpaired) electrons. The number of carbonyl (C=O) groups is 1. The van der Waals surface area contributed by atoms with E-state index in [0.717, 1.165) is 19.3 Å². The molecule has 3 rings (SSSR count). The van der Waals surface area contributed by atoms with Gasteiger partial charge in [-0.15, -0.1) is 0 Å². The zero-order valence-electron chi connectivity index (χ0n) is 15.8. The second kappa shape index (κ2) is 8.51. The van der Waals surface area contributed by atoms with E-state index in [1.807, 2.05) is 6.92 Å². The van der Waals surface area contributed by atoms with Gasteiger partial charge in [0.15, 0.2) is 0 Å². The predicted octanol–water partition coefficient (Wildman–Crippen LogP) is 4.16. The zero-order valence-corrected chi connectivity index (χ0v) is 17.4. The second-order valence-electron chi connectivity index (χ2n) is 6.79. The lowest BCUT2D eigenvalue weighted by atomic mass is 10.1. The Bertz CT molecular complexity index is 961. The summed E-state index contributed by atoms with van der Waals surface area (Å²) in [7, 11) is -2.04. The Kier molecular flexibility index (Phi) is 6.27. The SMILES string of the molecule is COc1ccc(NC(=O)c2ccc(S(=O)(=O)N3CCCC[C@@H]3C)cc2)cc1Cl. The van der Waals surface area contributed by atoms with Gasteiger partial charge in [0.25, 0.3) is 5.91 Å². The largest absolute Gasteiger partial charge is 0.495 e. The van der Waals surface area contributed by atoms with E-state index >= 15 is 0 Å². The Hall–Kier alpha value is -2.09. The van der Waals surface area contributed by atoms with Crippen LogP contribution in [0.3, 0.4) is 0 Å². The molecule has 2 aromatic rings. The van der Waals surface area contributed by atoms with Crippen LogP contribution in [0.2, 0.25) is 5.02 Å². The number of rotatable bonds is 5. The number of methoxy groups -OCH3 is 1. The quantitative estimate of drug-likeness (QED) is 0.784. The van der Waals surface area contributed by atoms with Crippen LogP contribution in [-0.2, 0) is 10.0 Å². The van der Waals surface area contributed by atoms with E-state index in [-0.39, 0.29) is 16.8 Å². The average Bonchev–Trinajstić information content (AvgIpc) is 2.68. The molecule has 2 aromatic carbocycles. The van der Waals surface area contributed by atoms with Crippen molar-refractivity contribution in [3.05, 3.63) is 53.1 Å². The van der Waals surface area contributed by atoms with Crippen molar-refractivity contribution in [2.75, 3.05) is 19.0 Å². The van der Waals surface area contributed by atoms with Crippen LogP contribution in [0, 0.1) is 0 Å². The number of sulfonamides is 1. The molecule has 1 saturated heterocycles. The maximum atomic E-state index is 12.9. The van der Waals surface area contributed by atoms with Crippen molar-refractivity contribution in [2.45, 2.75) is 37.1 Å². The van der Waals surface area contributed by atoms with Crippen molar-refractivity contribution in [2.24, 2.45) is 0 Å². The maximum Gasteiger partial charge on any atom is 0.255 e. The fourth-order valence-corrected chi connectivity index (χ4v) is 5.25. The Morgan fingerprint density at radius 2 is 1.89 bits per heavy atom. The third kappa shape index (κ3) is 4.32. The first-order valence-electron chi connectivity index (χ1n) is 9.09. The number of anilines is 1. The van der Waals surface area contributed by atoms with Crippen LogP contribution in [0.5, 0.6) is 5.75 Å². The van der Waals surface area contributed by atoms with Gasteiger partial charge >= 0.3 is 0 Å². The topological polar surface area (TPSA) is 75.7 Å². The molecule has 1 atom stereocenters. The molecular weight excluding hydrogens is 400 g/mol. The van der Waals surface area contributed by atoms with E-state index in [4.69, 9.17) is 16.3 Å². The number of amides is 1. The van der Waals surface area contributed by atoms with Crippen LogP contribution in [0.15, 0.2) is 47.4 Å². The minimum Gasteiger partial charge on any atom is -0.495 e. The van der Waals surface area contributed by atoms with Crippen LogP contribution in [0.1, 0.15) is 36.5 Å². The molecule has 1 fully saturated rings. The zero-order chi connectivity index (χ0) is 20.3. The molecule has 1 N–H and O–H groups in total. The lowest BCUT2D eigenvalue weighted by molar-refractivity contribution is 0.102. The van der Waals surface area contributed by atoms with E-state index in [2.05, 4.69) is 5.32 Å². The minimum absolute atomic E-state index is 0.0125. The predicted molar refractivity (Wildman–Crippen MR) is 110 cm³/mol. The minimum atomic E-state index is -3.56. The molecule has 0 aliphatic carbocycles. The van der Waals surface area contributed by atoms with Crippen molar-refractivity contribution in [3.63, 3.8) is 0 Å². The molecule has 1 amide bonds. The summed E-state index contributed by atoms with van der Waals surface area (Å²) in [5, 5.41) is 3.13. The molecule has 8 heteroatoms. The molecule has 28 heavy (non-hydrogen) atoms. The summed E-state index contributed by atoms with van der Waals surface area (Å²) in [5.41, 5.74) is 0.882. The van der Waals surface area contributed by atoms with Gasteiger partial charge in [0.1, 0.15) is 5.75 Å². The second-order valence-corrected chi connectivity index (χ2v) is 9.09. The third-order valence-corrected chi connectivity index (χ3v) is 7.20. The van der Waals surface area contributed by atoms with E-state index in [9.17, 15) is 13.2 Å². The first-order chi connectivity index (χ1) is 13.3. The molecule has 6 nitrogen and oxygen atoms in total. The smallest absolute Gasteiger partial charge is 0.255 e. The standard InChI is InChI=1S/C20H23ClN2O4S/c1-14-5-3-4-12-23(14)28(25,26)17-9-6-15(7-10-17)20(24)22-16-8-11-19(27-2)18(21)13-16/h6-11,13-14H,3-5,12H2,1-2H3,(H,22,24)/t14-/m0/s1. The maximum absolute atomic E-state index is 12.9. The Labute approximate surface area is 170 Å². The van der Waals surface area contributed by atoms with Gasteiger partial charge in [-0.1, -0.05) is 18.0 Å². The summed E-state index contributed by atoms with van der Waals surface area (Å²) in [6.07, 6.45) is 2.78. The van der Waals surface area contributed by atoms with Crippen molar-refractivity contribution >= 4 is 33.2 Å². The number of nitrogens with one attached hydrogen (secondary N) is 1. The Balaban J connectivity index is 1.74. The summed E-state index contributed by atoms with van der Waals surface area (Å²) in [4.78, 5) is 12.6. The van der Waals surface area contributed by atoms with Crippen LogP contribution < -0.4 is 10.1 Å². The number of piperidine rings is 1. The summed E-state index contributed by atoms with van der Waals surface area (Å²) in [6.45, 7) is 2.46. The van der Waals surface area contributed by atoms with E-state index < -0.39 is 10.0 Å². The molecule has 0 aromatic heterocycles. The first-order valence-corrected chi connectivity index (χ1v) is 10.9. The molecule has 1 heterocycles. The normalized spacial score (nSPS) is 17.9. The monoisotopic (exact) mass is 422 g/mol. The van der Waals surface area contributed by atoms with Crippen LogP contribution in [0.25, 0.3) is 0 Å². The Morgan fingerprint density at radius 3 is 2.50 bits per heavy atom. The summed E-state index contributed by atoms with van der Waals surface area (Å²) in [6, 6.07) is 10.9. The number of nitrogens with zero attached hydrogens (tertiary/aromatic N) is 1. The third-order valence-electron chi connectivity index (χ3n) is 4.87. The highest BCUT2D eigenvalue weighted by Crippen LogP contribution is 2.28. The van der Waals surface area contributed by atoms with Gasteiger partial charge in [-0.25, -0.2) is 8.42 Å². The summed E-state index contributed by atoms with van der Waals surface area (Å²) >= 11 is 6.07. The number of hydrogen-bond donors (Lipinski definition) is 1. The van der Waals surface area contributed by atoms with Gasteiger partial charge in [0, 0.05) is 23.8 Å². The number of halogens is 1. The highest BCUT2D eigenvalue weighted by molar-refractivity contribution is 7.89. The molecule has 0 spiro atoms. The first kappa shape index (κ1) is 20.6. The Morgan fingerprint density at radius 1 is 1.18 bits per heavy atom. The molecular formula is C20H23ClN2O4S. The summed E-state index contributed by atoms with van der Waals surface area (Å²) in [5.74, 6) is 0.165. The van der Waals surface area contributed by atoms with Crippen molar-refractivity contribution < 1.29 is 17.9 Å². The van der Waals surface area contributed by atoms with Gasteiger partial charge < -0.3 is 10.1 Å².